The lowest BCUT2D eigenvalue weighted by Gasteiger charge is -2.33. The predicted molar refractivity (Wildman–Crippen MR) is 85.3 cm³/mol. The van der Waals surface area contributed by atoms with Crippen molar-refractivity contribution in [3.63, 3.8) is 0 Å². The SMILES string of the molecule is Cc1ccc(/C=C\C(=O)N2C[C@@H]3CN4CCCC[C@@H]4[C@@H]3C2)o1. The van der Waals surface area contributed by atoms with Gasteiger partial charge in [0.15, 0.2) is 0 Å². The highest BCUT2D eigenvalue weighted by atomic mass is 16.3. The van der Waals surface area contributed by atoms with Crippen molar-refractivity contribution in [2.24, 2.45) is 11.8 Å². The Morgan fingerprint density at radius 1 is 1.27 bits per heavy atom. The van der Waals surface area contributed by atoms with Crippen molar-refractivity contribution in [2.75, 3.05) is 26.2 Å². The highest BCUT2D eigenvalue weighted by Crippen LogP contribution is 2.40. The number of piperidine rings is 1. The molecule has 1 aromatic heterocycles. The van der Waals surface area contributed by atoms with Crippen LogP contribution < -0.4 is 0 Å². The van der Waals surface area contributed by atoms with Crippen molar-refractivity contribution in [1.82, 2.24) is 9.80 Å². The summed E-state index contributed by atoms with van der Waals surface area (Å²) < 4.78 is 5.48. The monoisotopic (exact) mass is 300 g/mol. The molecule has 4 rings (SSSR count). The molecule has 22 heavy (non-hydrogen) atoms. The summed E-state index contributed by atoms with van der Waals surface area (Å²) in [6, 6.07) is 4.55. The molecule has 0 aliphatic carbocycles. The molecule has 3 saturated heterocycles. The van der Waals surface area contributed by atoms with E-state index in [9.17, 15) is 4.79 Å². The Balaban J connectivity index is 1.39. The van der Waals surface area contributed by atoms with Gasteiger partial charge >= 0.3 is 0 Å². The van der Waals surface area contributed by atoms with E-state index >= 15 is 0 Å². The molecule has 0 bridgehead atoms. The third kappa shape index (κ3) is 2.50. The summed E-state index contributed by atoms with van der Waals surface area (Å²) in [4.78, 5) is 17.1. The zero-order valence-electron chi connectivity index (χ0n) is 13.2. The van der Waals surface area contributed by atoms with Crippen LogP contribution in [0, 0.1) is 18.8 Å². The van der Waals surface area contributed by atoms with Gasteiger partial charge in [0.2, 0.25) is 5.91 Å². The van der Waals surface area contributed by atoms with Crippen molar-refractivity contribution in [3.8, 4) is 0 Å². The number of nitrogens with zero attached hydrogens (tertiary/aromatic N) is 2. The number of hydrogen-bond acceptors (Lipinski definition) is 3. The normalized spacial score (nSPS) is 31.7. The second kappa shape index (κ2) is 5.58. The summed E-state index contributed by atoms with van der Waals surface area (Å²) in [5.74, 6) is 3.14. The van der Waals surface area contributed by atoms with Gasteiger partial charge in [0, 0.05) is 31.8 Å². The Hall–Kier alpha value is -1.55. The van der Waals surface area contributed by atoms with Crippen LogP contribution in [-0.2, 0) is 4.79 Å². The van der Waals surface area contributed by atoms with Crippen molar-refractivity contribution in [1.29, 1.82) is 0 Å². The summed E-state index contributed by atoms with van der Waals surface area (Å²) >= 11 is 0. The van der Waals surface area contributed by atoms with Crippen molar-refractivity contribution in [3.05, 3.63) is 29.7 Å². The average Bonchev–Trinajstić information content (AvgIpc) is 3.18. The molecule has 1 aromatic rings. The molecule has 0 N–H and O–H groups in total. The topological polar surface area (TPSA) is 36.7 Å². The molecule has 118 valence electrons. The van der Waals surface area contributed by atoms with Crippen LogP contribution in [0.15, 0.2) is 22.6 Å². The van der Waals surface area contributed by atoms with E-state index in [4.69, 9.17) is 4.42 Å². The van der Waals surface area contributed by atoms with Gasteiger partial charge in [-0.15, -0.1) is 0 Å². The number of hydrogen-bond donors (Lipinski definition) is 0. The van der Waals surface area contributed by atoms with Gasteiger partial charge < -0.3 is 9.32 Å². The molecular formula is C18H24N2O2. The van der Waals surface area contributed by atoms with Crippen LogP contribution in [0.5, 0.6) is 0 Å². The molecule has 0 aromatic carbocycles. The van der Waals surface area contributed by atoms with Crippen LogP contribution in [0.25, 0.3) is 6.08 Å². The van der Waals surface area contributed by atoms with Crippen LogP contribution in [0.3, 0.4) is 0 Å². The van der Waals surface area contributed by atoms with Crippen molar-refractivity contribution < 1.29 is 9.21 Å². The smallest absolute Gasteiger partial charge is 0.246 e. The van der Waals surface area contributed by atoms with Crippen LogP contribution in [0.1, 0.15) is 30.8 Å². The van der Waals surface area contributed by atoms with Crippen molar-refractivity contribution in [2.45, 2.75) is 32.2 Å². The first-order valence-corrected chi connectivity index (χ1v) is 8.48. The lowest BCUT2D eigenvalue weighted by atomic mass is 9.90. The lowest BCUT2D eigenvalue weighted by Crippen LogP contribution is -2.40. The van der Waals surface area contributed by atoms with E-state index in [0.29, 0.717) is 11.8 Å². The summed E-state index contributed by atoms with van der Waals surface area (Å²) in [5.41, 5.74) is 0. The van der Waals surface area contributed by atoms with E-state index in [2.05, 4.69) is 4.90 Å². The fourth-order valence-corrected chi connectivity index (χ4v) is 4.54. The van der Waals surface area contributed by atoms with Crippen molar-refractivity contribution >= 4 is 12.0 Å². The molecule has 4 nitrogen and oxygen atoms in total. The minimum atomic E-state index is 0.130. The molecule has 4 heterocycles. The summed E-state index contributed by atoms with van der Waals surface area (Å²) in [5, 5.41) is 0. The molecule has 3 fully saturated rings. The Morgan fingerprint density at radius 3 is 3.00 bits per heavy atom. The van der Waals surface area contributed by atoms with Crippen LogP contribution in [0.4, 0.5) is 0 Å². The maximum Gasteiger partial charge on any atom is 0.246 e. The molecule has 3 aliphatic heterocycles. The second-order valence-corrected chi connectivity index (χ2v) is 7.01. The van der Waals surface area contributed by atoms with Gasteiger partial charge in [0.25, 0.3) is 0 Å². The highest BCUT2D eigenvalue weighted by molar-refractivity contribution is 5.91. The van der Waals surface area contributed by atoms with Gasteiger partial charge in [-0.3, -0.25) is 9.69 Å². The summed E-state index contributed by atoms with van der Waals surface area (Å²) in [7, 11) is 0. The minimum Gasteiger partial charge on any atom is -0.462 e. The number of furan rings is 1. The van der Waals surface area contributed by atoms with Gasteiger partial charge in [-0.05, 0) is 56.4 Å². The predicted octanol–water partition coefficient (Wildman–Crippen LogP) is 2.54. The first-order chi connectivity index (χ1) is 10.7. The Morgan fingerprint density at radius 2 is 2.18 bits per heavy atom. The minimum absolute atomic E-state index is 0.130. The Bertz CT molecular complexity index is 592. The lowest BCUT2D eigenvalue weighted by molar-refractivity contribution is -0.125. The Labute approximate surface area is 131 Å². The van der Waals surface area contributed by atoms with E-state index in [0.717, 1.165) is 30.7 Å². The summed E-state index contributed by atoms with van der Waals surface area (Å²) in [6.45, 7) is 6.24. The molecule has 0 spiro atoms. The van der Waals surface area contributed by atoms with Crippen LogP contribution >= 0.6 is 0 Å². The number of carbonyl (C=O) groups is 1. The van der Waals surface area contributed by atoms with Gasteiger partial charge in [-0.2, -0.15) is 0 Å². The van der Waals surface area contributed by atoms with Gasteiger partial charge in [0.1, 0.15) is 11.5 Å². The quantitative estimate of drug-likeness (QED) is 0.788. The van der Waals surface area contributed by atoms with E-state index in [1.165, 1.54) is 32.4 Å². The fraction of sp³-hybridized carbons (Fsp3) is 0.611. The molecular weight excluding hydrogens is 276 g/mol. The third-order valence-electron chi connectivity index (χ3n) is 5.58. The molecule has 3 aliphatic rings. The first-order valence-electron chi connectivity index (χ1n) is 8.48. The standard InChI is InChI=1S/C18H24N2O2/c1-13-5-6-15(22-13)7-8-18(21)20-11-14-10-19-9-3-2-4-17(19)16(14)12-20/h5-8,14,16-17H,2-4,9-12H2,1H3/b8-7-/t14-,16+,17+/m0/s1. The zero-order chi connectivity index (χ0) is 15.1. The number of fused-ring (bicyclic) bond motifs is 3. The number of rotatable bonds is 2. The summed E-state index contributed by atoms with van der Waals surface area (Å²) in [6.07, 6.45) is 7.49. The maximum atomic E-state index is 12.4. The number of carbonyl (C=O) groups excluding carboxylic acids is 1. The molecule has 0 saturated carbocycles. The third-order valence-corrected chi connectivity index (χ3v) is 5.58. The number of amides is 1. The molecule has 0 radical (unpaired) electrons. The fourth-order valence-electron chi connectivity index (χ4n) is 4.54. The van der Waals surface area contributed by atoms with E-state index in [1.807, 2.05) is 24.0 Å². The number of likely N-dealkylation sites (tertiary alicyclic amines) is 1. The highest BCUT2D eigenvalue weighted by Gasteiger charge is 2.47. The van der Waals surface area contributed by atoms with Gasteiger partial charge in [-0.1, -0.05) is 6.42 Å². The average molecular weight is 300 g/mol. The zero-order valence-corrected chi connectivity index (χ0v) is 13.2. The first kappa shape index (κ1) is 14.1. The van der Waals surface area contributed by atoms with E-state index in [1.54, 1.807) is 12.2 Å². The molecule has 4 heteroatoms. The van der Waals surface area contributed by atoms with E-state index in [-0.39, 0.29) is 5.91 Å². The number of aryl methyl sites for hydroxylation is 1. The largest absolute Gasteiger partial charge is 0.462 e. The van der Waals surface area contributed by atoms with Gasteiger partial charge in [-0.25, -0.2) is 0 Å². The second-order valence-electron chi connectivity index (χ2n) is 7.01. The molecule has 1 amide bonds. The van der Waals surface area contributed by atoms with Crippen LogP contribution in [0.2, 0.25) is 0 Å². The van der Waals surface area contributed by atoms with Gasteiger partial charge in [0.05, 0.1) is 0 Å². The Kier molecular flexibility index (Phi) is 3.57. The molecule has 0 unspecified atom stereocenters. The molecule has 3 atom stereocenters. The maximum absolute atomic E-state index is 12.4. The van der Waals surface area contributed by atoms with E-state index < -0.39 is 0 Å². The van der Waals surface area contributed by atoms with Crippen LogP contribution in [-0.4, -0.2) is 47.9 Å².